The Morgan fingerprint density at radius 2 is 2.05 bits per heavy atom. The molecule has 0 fully saturated rings. The number of nitrogens with zero attached hydrogens (tertiary/aromatic N) is 4. The Bertz CT molecular complexity index is 711. The predicted octanol–water partition coefficient (Wildman–Crippen LogP) is 2.46. The van der Waals surface area contributed by atoms with Crippen molar-refractivity contribution in [3.8, 4) is 0 Å². The molecule has 102 valence electrons. The molecule has 0 bridgehead atoms. The first-order valence-electron chi connectivity index (χ1n) is 6.20. The number of hydrogen-bond donors (Lipinski definition) is 0. The molecule has 1 aromatic carbocycles. The van der Waals surface area contributed by atoms with E-state index in [1.807, 2.05) is 50.2 Å². The largest absolute Gasteiger partial charge is 0.383 e. The quantitative estimate of drug-likeness (QED) is 0.797. The molecule has 1 amide bonds. The molecule has 0 N–H and O–H groups in total. The minimum absolute atomic E-state index is 0.129. The fraction of sp³-hybridized carbons (Fsp3) is 0.214. The Morgan fingerprint density at radius 1 is 1.30 bits per heavy atom. The van der Waals surface area contributed by atoms with Gasteiger partial charge in [-0.3, -0.25) is 4.79 Å². The van der Waals surface area contributed by atoms with Gasteiger partial charge < -0.3 is 4.90 Å². The number of carbonyl (C=O) groups is 1. The van der Waals surface area contributed by atoms with Crippen LogP contribution in [0.2, 0.25) is 0 Å². The lowest BCUT2D eigenvalue weighted by atomic mass is 10.2. The second-order valence-corrected chi connectivity index (χ2v) is 5.78. The molecule has 1 aliphatic heterocycles. The van der Waals surface area contributed by atoms with Crippen molar-refractivity contribution in [3.63, 3.8) is 0 Å². The van der Waals surface area contributed by atoms with E-state index in [9.17, 15) is 4.79 Å². The number of anilines is 1. The molecule has 2 heterocycles. The van der Waals surface area contributed by atoms with Crippen molar-refractivity contribution in [3.05, 3.63) is 36.0 Å². The summed E-state index contributed by atoms with van der Waals surface area (Å²) in [6.07, 6.45) is 1.79. The van der Waals surface area contributed by atoms with Gasteiger partial charge in [0.05, 0.1) is 21.5 Å². The third-order valence-electron chi connectivity index (χ3n) is 2.91. The lowest BCUT2D eigenvalue weighted by Crippen LogP contribution is -2.22. The summed E-state index contributed by atoms with van der Waals surface area (Å²) in [5.74, 6) is -0.129. The zero-order chi connectivity index (χ0) is 14.3. The van der Waals surface area contributed by atoms with E-state index in [0.29, 0.717) is 16.4 Å². The summed E-state index contributed by atoms with van der Waals surface area (Å²) < 4.78 is 1.05. The van der Waals surface area contributed by atoms with E-state index in [0.717, 1.165) is 10.2 Å². The highest BCUT2D eigenvalue weighted by Gasteiger charge is 2.31. The number of hydrazone groups is 1. The highest BCUT2D eigenvalue weighted by atomic mass is 32.1. The molecular weight excluding hydrogens is 272 g/mol. The van der Waals surface area contributed by atoms with Crippen LogP contribution < -0.4 is 5.01 Å². The Balaban J connectivity index is 2.01. The van der Waals surface area contributed by atoms with E-state index in [4.69, 9.17) is 0 Å². The average Bonchev–Trinajstić information content (AvgIpc) is 2.94. The summed E-state index contributed by atoms with van der Waals surface area (Å²) in [5.41, 5.74) is 2.20. The van der Waals surface area contributed by atoms with Crippen LogP contribution in [0.15, 0.2) is 41.1 Å². The standard InChI is InChI=1S/C14H14N4OS/c1-9-10(8-17(2)3)13(19)18(16-9)14-15-11-6-4-5-7-12(11)20-14/h4-8H,1-3H3. The first-order chi connectivity index (χ1) is 9.56. The molecule has 0 saturated heterocycles. The van der Waals surface area contributed by atoms with Crippen LogP contribution in [-0.2, 0) is 4.79 Å². The molecule has 5 nitrogen and oxygen atoms in total. The van der Waals surface area contributed by atoms with Gasteiger partial charge in [-0.2, -0.15) is 10.1 Å². The van der Waals surface area contributed by atoms with E-state index in [-0.39, 0.29) is 5.91 Å². The molecule has 0 spiro atoms. The van der Waals surface area contributed by atoms with Crippen LogP contribution in [0.3, 0.4) is 0 Å². The lowest BCUT2D eigenvalue weighted by Gasteiger charge is -2.08. The third-order valence-corrected chi connectivity index (χ3v) is 3.93. The summed E-state index contributed by atoms with van der Waals surface area (Å²) in [6.45, 7) is 1.83. The number of rotatable bonds is 2. The van der Waals surface area contributed by atoms with Crippen molar-refractivity contribution < 1.29 is 4.79 Å². The zero-order valence-electron chi connectivity index (χ0n) is 11.5. The maximum atomic E-state index is 12.4. The summed E-state index contributed by atoms with van der Waals surface area (Å²) in [4.78, 5) is 18.7. The molecule has 0 aliphatic carbocycles. The van der Waals surface area contributed by atoms with E-state index >= 15 is 0 Å². The number of fused-ring (bicyclic) bond motifs is 1. The molecule has 6 heteroatoms. The molecule has 3 rings (SSSR count). The number of benzene rings is 1. The van der Waals surface area contributed by atoms with Crippen molar-refractivity contribution >= 4 is 38.3 Å². The minimum Gasteiger partial charge on any atom is -0.383 e. The van der Waals surface area contributed by atoms with Gasteiger partial charge in [0.15, 0.2) is 0 Å². The molecule has 1 aromatic heterocycles. The summed E-state index contributed by atoms with van der Waals surface area (Å²) >= 11 is 1.47. The van der Waals surface area contributed by atoms with Crippen LogP contribution in [0.5, 0.6) is 0 Å². The first-order valence-corrected chi connectivity index (χ1v) is 7.02. The van der Waals surface area contributed by atoms with Gasteiger partial charge in [-0.05, 0) is 19.1 Å². The monoisotopic (exact) mass is 286 g/mol. The molecule has 0 saturated carbocycles. The summed E-state index contributed by atoms with van der Waals surface area (Å²) in [7, 11) is 3.77. The van der Waals surface area contributed by atoms with Crippen molar-refractivity contribution in [1.82, 2.24) is 9.88 Å². The third kappa shape index (κ3) is 2.08. The Morgan fingerprint density at radius 3 is 2.75 bits per heavy atom. The van der Waals surface area contributed by atoms with Crippen LogP contribution in [0.4, 0.5) is 5.13 Å². The number of para-hydroxylation sites is 1. The minimum atomic E-state index is -0.129. The number of amides is 1. The Kier molecular flexibility index (Phi) is 3.02. The second kappa shape index (κ2) is 4.72. The van der Waals surface area contributed by atoms with Crippen LogP contribution in [0.1, 0.15) is 6.92 Å². The van der Waals surface area contributed by atoms with Crippen LogP contribution in [0.25, 0.3) is 10.2 Å². The van der Waals surface area contributed by atoms with Crippen LogP contribution in [0, 0.1) is 0 Å². The highest BCUT2D eigenvalue weighted by molar-refractivity contribution is 7.22. The SMILES string of the molecule is CC1=NN(c2nc3ccccc3s2)C(=O)C1=CN(C)C. The topological polar surface area (TPSA) is 48.8 Å². The highest BCUT2D eigenvalue weighted by Crippen LogP contribution is 2.31. The molecule has 2 aromatic rings. The van der Waals surface area contributed by atoms with Crippen molar-refractivity contribution in [1.29, 1.82) is 0 Å². The number of hydrogen-bond acceptors (Lipinski definition) is 5. The second-order valence-electron chi connectivity index (χ2n) is 4.77. The fourth-order valence-electron chi connectivity index (χ4n) is 2.01. The molecule has 0 radical (unpaired) electrons. The fourth-order valence-corrected chi connectivity index (χ4v) is 2.92. The first kappa shape index (κ1) is 12.8. The van der Waals surface area contributed by atoms with Gasteiger partial charge in [0.2, 0.25) is 5.13 Å². The zero-order valence-corrected chi connectivity index (χ0v) is 12.3. The lowest BCUT2D eigenvalue weighted by molar-refractivity contribution is -0.114. The molecular formula is C14H14N4OS. The van der Waals surface area contributed by atoms with E-state index < -0.39 is 0 Å². The van der Waals surface area contributed by atoms with E-state index in [1.54, 1.807) is 6.20 Å². The maximum Gasteiger partial charge on any atom is 0.284 e. The molecule has 0 atom stereocenters. The number of aromatic nitrogens is 1. The van der Waals surface area contributed by atoms with Gasteiger partial charge in [-0.1, -0.05) is 23.5 Å². The average molecular weight is 286 g/mol. The van der Waals surface area contributed by atoms with Gasteiger partial charge in [0, 0.05) is 20.3 Å². The van der Waals surface area contributed by atoms with E-state index in [1.165, 1.54) is 16.3 Å². The number of carbonyl (C=O) groups excluding carboxylic acids is 1. The number of thiazole rings is 1. The predicted molar refractivity (Wildman–Crippen MR) is 82.0 cm³/mol. The molecule has 20 heavy (non-hydrogen) atoms. The van der Waals surface area contributed by atoms with Crippen molar-refractivity contribution in [2.45, 2.75) is 6.92 Å². The summed E-state index contributed by atoms with van der Waals surface area (Å²) in [5, 5.41) is 6.32. The van der Waals surface area contributed by atoms with Gasteiger partial charge in [-0.25, -0.2) is 4.98 Å². The van der Waals surface area contributed by atoms with Crippen molar-refractivity contribution in [2.24, 2.45) is 5.10 Å². The Hall–Kier alpha value is -2.21. The van der Waals surface area contributed by atoms with Gasteiger partial charge in [0.25, 0.3) is 5.91 Å². The normalized spacial score (nSPS) is 17.1. The summed E-state index contributed by atoms with van der Waals surface area (Å²) in [6, 6.07) is 7.82. The van der Waals surface area contributed by atoms with Gasteiger partial charge >= 0.3 is 0 Å². The smallest absolute Gasteiger partial charge is 0.284 e. The maximum absolute atomic E-state index is 12.4. The Labute approximate surface area is 120 Å². The molecule has 1 aliphatic rings. The van der Waals surface area contributed by atoms with Crippen LogP contribution >= 0.6 is 11.3 Å². The van der Waals surface area contributed by atoms with Crippen LogP contribution in [-0.4, -0.2) is 35.6 Å². The molecule has 0 unspecified atom stereocenters. The van der Waals surface area contributed by atoms with E-state index in [2.05, 4.69) is 10.1 Å². The van der Waals surface area contributed by atoms with Gasteiger partial charge in [-0.15, -0.1) is 0 Å². The van der Waals surface area contributed by atoms with Crippen molar-refractivity contribution in [2.75, 3.05) is 19.1 Å². The van der Waals surface area contributed by atoms with Gasteiger partial charge in [0.1, 0.15) is 0 Å².